The van der Waals surface area contributed by atoms with Crippen molar-refractivity contribution in [2.75, 3.05) is 33.2 Å². The zero-order chi connectivity index (χ0) is 24.2. The zero-order valence-corrected chi connectivity index (χ0v) is 21.2. The van der Waals surface area contributed by atoms with Gasteiger partial charge in [0.05, 0.1) is 11.3 Å². The van der Waals surface area contributed by atoms with Gasteiger partial charge in [-0.05, 0) is 30.3 Å². The molecule has 7 heteroatoms. The first kappa shape index (κ1) is 23.8. The van der Waals surface area contributed by atoms with Crippen LogP contribution in [0.25, 0.3) is 21.6 Å². The number of nitrogens with zero attached hydrogens (tertiary/aromatic N) is 4. The van der Waals surface area contributed by atoms with E-state index in [2.05, 4.69) is 38.9 Å². The largest absolute Gasteiger partial charge is 0.304 e. The van der Waals surface area contributed by atoms with Crippen LogP contribution in [0.2, 0.25) is 5.02 Å². The van der Waals surface area contributed by atoms with E-state index in [1.54, 1.807) is 12.4 Å². The van der Waals surface area contributed by atoms with Gasteiger partial charge < -0.3 is 4.90 Å². The second-order valence-electron chi connectivity index (χ2n) is 8.93. The van der Waals surface area contributed by atoms with Crippen LogP contribution in [0.15, 0.2) is 73.2 Å². The number of aromatic nitrogens is 2. The lowest BCUT2D eigenvalue weighted by atomic mass is 10.1. The van der Waals surface area contributed by atoms with Gasteiger partial charge in [-0.1, -0.05) is 54.1 Å². The van der Waals surface area contributed by atoms with E-state index >= 15 is 0 Å². The number of Topliss-reactive ketones (excluding diaryl/α,β-unsaturated/α-hetero) is 1. The minimum absolute atomic E-state index is 0.0788. The first-order valence-corrected chi connectivity index (χ1v) is 12.9. The van der Waals surface area contributed by atoms with Crippen LogP contribution < -0.4 is 0 Å². The molecule has 1 fully saturated rings. The fraction of sp³-hybridized carbons (Fsp3) is 0.250. The van der Waals surface area contributed by atoms with Crippen molar-refractivity contribution in [1.29, 1.82) is 0 Å². The van der Waals surface area contributed by atoms with Crippen molar-refractivity contribution in [1.82, 2.24) is 19.8 Å². The predicted octanol–water partition coefficient (Wildman–Crippen LogP) is 5.70. The van der Waals surface area contributed by atoms with Crippen LogP contribution in [0.4, 0.5) is 0 Å². The number of rotatable bonds is 7. The summed E-state index contributed by atoms with van der Waals surface area (Å²) in [7, 11) is 2.16. The van der Waals surface area contributed by atoms with Crippen LogP contribution in [0.1, 0.15) is 20.9 Å². The molecule has 0 amide bonds. The van der Waals surface area contributed by atoms with Crippen molar-refractivity contribution < 1.29 is 4.79 Å². The molecule has 1 saturated heterocycles. The van der Waals surface area contributed by atoms with Gasteiger partial charge >= 0.3 is 0 Å². The summed E-state index contributed by atoms with van der Waals surface area (Å²) in [5.74, 6) is 0.0788. The number of halogens is 1. The van der Waals surface area contributed by atoms with Gasteiger partial charge in [0, 0.05) is 73.0 Å². The summed E-state index contributed by atoms with van der Waals surface area (Å²) >= 11 is 8.11. The fourth-order valence-corrected chi connectivity index (χ4v) is 5.54. The van der Waals surface area contributed by atoms with Crippen LogP contribution in [0.3, 0.4) is 0 Å². The normalized spacial score (nSPS) is 14.8. The van der Waals surface area contributed by atoms with Crippen molar-refractivity contribution in [3.8, 4) is 21.6 Å². The first-order valence-electron chi connectivity index (χ1n) is 11.7. The maximum absolute atomic E-state index is 12.9. The molecule has 0 radical (unpaired) electrons. The number of piperazine rings is 1. The quantitative estimate of drug-likeness (QED) is 0.303. The van der Waals surface area contributed by atoms with Crippen molar-refractivity contribution in [3.63, 3.8) is 0 Å². The molecule has 3 heterocycles. The van der Waals surface area contributed by atoms with Gasteiger partial charge in [-0.15, -0.1) is 11.3 Å². The van der Waals surface area contributed by atoms with E-state index in [9.17, 15) is 4.79 Å². The third kappa shape index (κ3) is 5.85. The summed E-state index contributed by atoms with van der Waals surface area (Å²) < 4.78 is 0. The summed E-state index contributed by atoms with van der Waals surface area (Å²) in [4.78, 5) is 27.3. The van der Waals surface area contributed by atoms with Gasteiger partial charge in [0.1, 0.15) is 5.01 Å². The van der Waals surface area contributed by atoms with Gasteiger partial charge in [-0.25, -0.2) is 4.98 Å². The number of carbonyl (C=O) groups excluding carboxylic acids is 1. The monoisotopic (exact) mass is 502 g/mol. The zero-order valence-electron chi connectivity index (χ0n) is 19.7. The molecule has 0 N–H and O–H groups in total. The van der Waals surface area contributed by atoms with Crippen LogP contribution in [0, 0.1) is 0 Å². The number of carbonyl (C=O) groups is 1. The Bertz CT molecular complexity index is 1300. The summed E-state index contributed by atoms with van der Waals surface area (Å²) in [6.07, 6.45) is 5.66. The summed E-state index contributed by atoms with van der Waals surface area (Å²) in [5.41, 5.74) is 4.92. The molecule has 0 unspecified atom stereocenters. The van der Waals surface area contributed by atoms with E-state index in [1.807, 2.05) is 48.7 Å². The molecule has 178 valence electrons. The minimum Gasteiger partial charge on any atom is -0.304 e. The van der Waals surface area contributed by atoms with E-state index in [1.165, 1.54) is 16.9 Å². The van der Waals surface area contributed by atoms with E-state index in [4.69, 9.17) is 11.6 Å². The van der Waals surface area contributed by atoms with E-state index in [0.29, 0.717) is 5.02 Å². The topological polar surface area (TPSA) is 49.3 Å². The number of likely N-dealkylation sites (N-methyl/N-ethyl adjacent to an activating group) is 1. The summed E-state index contributed by atoms with van der Waals surface area (Å²) in [6.45, 7) is 5.30. The molecular formula is C28H27ClN4OS. The molecular weight excluding hydrogens is 476 g/mol. The predicted molar refractivity (Wildman–Crippen MR) is 143 cm³/mol. The standard InChI is InChI=1S/C28H27ClN4OS/c1-32-11-13-33(14-12-32)19-20-4-6-21(7-5-20)26(34)16-28-31-18-27(35-28)24-9-8-22(15-25(24)29)23-3-2-10-30-17-23/h2-10,15,17-18H,11-14,16,19H2,1H3. The van der Waals surface area contributed by atoms with Crippen LogP contribution in [-0.2, 0) is 13.0 Å². The maximum Gasteiger partial charge on any atom is 0.169 e. The third-order valence-corrected chi connectivity index (χ3v) is 7.72. The Kier molecular flexibility index (Phi) is 7.35. The minimum atomic E-state index is 0.0788. The summed E-state index contributed by atoms with van der Waals surface area (Å²) in [6, 6.07) is 17.9. The molecule has 0 bridgehead atoms. The highest BCUT2D eigenvalue weighted by atomic mass is 35.5. The molecule has 5 nitrogen and oxygen atoms in total. The van der Waals surface area contributed by atoms with Crippen LogP contribution >= 0.6 is 22.9 Å². The number of hydrogen-bond donors (Lipinski definition) is 0. The molecule has 1 aliphatic rings. The Balaban J connectivity index is 1.22. The highest BCUT2D eigenvalue weighted by Crippen LogP contribution is 2.35. The van der Waals surface area contributed by atoms with E-state index in [-0.39, 0.29) is 12.2 Å². The molecule has 5 rings (SSSR count). The Morgan fingerprint density at radius 3 is 2.51 bits per heavy atom. The fourth-order valence-electron chi connectivity index (χ4n) is 4.24. The van der Waals surface area contributed by atoms with Gasteiger partial charge in [-0.2, -0.15) is 0 Å². The molecule has 2 aromatic heterocycles. The molecule has 0 atom stereocenters. The van der Waals surface area contributed by atoms with E-state index < -0.39 is 0 Å². The van der Waals surface area contributed by atoms with Gasteiger partial charge in [0.15, 0.2) is 5.78 Å². The van der Waals surface area contributed by atoms with E-state index in [0.717, 1.165) is 64.9 Å². The number of thiazole rings is 1. The lowest BCUT2D eigenvalue weighted by molar-refractivity contribution is 0.0993. The number of ketones is 1. The van der Waals surface area contributed by atoms with Crippen molar-refractivity contribution >= 4 is 28.7 Å². The van der Waals surface area contributed by atoms with Gasteiger partial charge in [-0.3, -0.25) is 14.7 Å². The lowest BCUT2D eigenvalue weighted by Crippen LogP contribution is -2.43. The van der Waals surface area contributed by atoms with Crippen molar-refractivity contribution in [2.45, 2.75) is 13.0 Å². The number of benzene rings is 2. The highest BCUT2D eigenvalue weighted by molar-refractivity contribution is 7.15. The average Bonchev–Trinajstić information content (AvgIpc) is 3.34. The maximum atomic E-state index is 12.9. The third-order valence-electron chi connectivity index (χ3n) is 6.37. The Morgan fingerprint density at radius 2 is 1.80 bits per heavy atom. The molecule has 0 aliphatic carbocycles. The number of hydrogen-bond acceptors (Lipinski definition) is 6. The van der Waals surface area contributed by atoms with Crippen LogP contribution in [0.5, 0.6) is 0 Å². The molecule has 0 saturated carbocycles. The molecule has 0 spiro atoms. The smallest absolute Gasteiger partial charge is 0.169 e. The molecule has 35 heavy (non-hydrogen) atoms. The Morgan fingerprint density at radius 1 is 1.00 bits per heavy atom. The number of pyridine rings is 1. The van der Waals surface area contributed by atoms with Gasteiger partial charge in [0.2, 0.25) is 0 Å². The Labute approximate surface area is 215 Å². The second-order valence-corrected chi connectivity index (χ2v) is 10.5. The highest BCUT2D eigenvalue weighted by Gasteiger charge is 2.16. The molecule has 4 aromatic rings. The SMILES string of the molecule is CN1CCN(Cc2ccc(C(=O)Cc3ncc(-c4ccc(-c5cccnc5)cc4Cl)s3)cc2)CC1. The summed E-state index contributed by atoms with van der Waals surface area (Å²) in [5, 5.41) is 1.45. The molecule has 1 aliphatic heterocycles. The van der Waals surface area contributed by atoms with Crippen molar-refractivity contribution in [3.05, 3.63) is 94.3 Å². The lowest BCUT2D eigenvalue weighted by Gasteiger charge is -2.32. The second kappa shape index (κ2) is 10.8. The Hall–Kier alpha value is -2.90. The van der Waals surface area contributed by atoms with Crippen molar-refractivity contribution in [2.24, 2.45) is 0 Å². The molecule has 2 aromatic carbocycles. The van der Waals surface area contributed by atoms with Gasteiger partial charge in [0.25, 0.3) is 0 Å². The van der Waals surface area contributed by atoms with Crippen LogP contribution in [-0.4, -0.2) is 58.8 Å². The average molecular weight is 503 g/mol. The first-order chi connectivity index (χ1) is 17.0.